The summed E-state index contributed by atoms with van der Waals surface area (Å²) in [5.41, 5.74) is 14.6. The van der Waals surface area contributed by atoms with Crippen LogP contribution in [0.4, 0.5) is 0 Å². The Kier molecular flexibility index (Phi) is 18.8. The van der Waals surface area contributed by atoms with Crippen LogP contribution in [-0.2, 0) is 16.0 Å². The maximum Gasteiger partial charge on any atom is 0.341 e. The third-order valence-electron chi connectivity index (χ3n) is 9.46. The Morgan fingerprint density at radius 2 is 1.42 bits per heavy atom. The second-order valence-corrected chi connectivity index (χ2v) is 14.3. The van der Waals surface area contributed by atoms with Gasteiger partial charge in [-0.2, -0.15) is 0 Å². The van der Waals surface area contributed by atoms with Crippen LogP contribution in [0.5, 0.6) is 11.5 Å². The Morgan fingerprint density at radius 3 is 1.96 bits per heavy atom. The first kappa shape index (κ1) is 40.7. The summed E-state index contributed by atoms with van der Waals surface area (Å²) < 4.78 is 12.3. The second kappa shape index (κ2) is 20.7. The summed E-state index contributed by atoms with van der Waals surface area (Å²) >= 11 is 0. The molecule has 2 rings (SSSR count). The molecule has 0 radical (unpaired) electrons. The Hall–Kier alpha value is -2.32. The molecule has 0 spiro atoms. The average Bonchev–Trinajstić information content (AvgIpc) is 2.96. The number of benzene rings is 1. The minimum Gasteiger partial charge on any atom is -0.487 e. The first-order chi connectivity index (χ1) is 21.1. The topological polar surface area (TPSA) is 145 Å². The summed E-state index contributed by atoms with van der Waals surface area (Å²) in [4.78, 5) is 21.1. The van der Waals surface area contributed by atoms with Crippen LogP contribution in [0.15, 0.2) is 0 Å². The molecule has 8 nitrogen and oxygen atoms in total. The molecule has 1 aliphatic heterocycles. The fraction of sp³-hybridized carbons (Fsp3) is 0.784. The van der Waals surface area contributed by atoms with Crippen molar-refractivity contribution in [3.63, 3.8) is 0 Å². The molecule has 0 amide bonds. The van der Waals surface area contributed by atoms with Gasteiger partial charge in [-0.15, -0.1) is 0 Å². The predicted octanol–water partition coefficient (Wildman–Crippen LogP) is 8.13. The van der Waals surface area contributed by atoms with Gasteiger partial charge in [-0.05, 0) is 107 Å². The molecule has 0 aliphatic carbocycles. The highest BCUT2D eigenvalue weighted by molar-refractivity contribution is 5.73. The number of hydrogen-bond acceptors (Lipinski definition) is 6. The van der Waals surface area contributed by atoms with E-state index >= 15 is 0 Å². The molecule has 260 valence electrons. The standard InChI is InChI=1S/C31H52O4.C6H14N2O2/c1-21(2)12-9-13-22(3)14-10-15-23(4)16-11-18-31(8)19-17-27-26(7)29(34-20-28(32)33)24(5)25(6)30(27)35-31;7-4-2-1-3-5(8)6(9)10/h21-23H,9-20H2,1-8H3,(H,32,33);5H,1-4,7-8H2,(H,9,10)/t22-,23-,31-;5-/m10/s1. The lowest BCUT2D eigenvalue weighted by atomic mass is 9.83. The van der Waals surface area contributed by atoms with Crippen molar-refractivity contribution in [3.05, 3.63) is 22.3 Å². The van der Waals surface area contributed by atoms with Gasteiger partial charge < -0.3 is 31.2 Å². The lowest BCUT2D eigenvalue weighted by Gasteiger charge is -2.38. The number of carboxylic acids is 2. The van der Waals surface area contributed by atoms with Crippen molar-refractivity contribution in [2.45, 2.75) is 157 Å². The normalized spacial score (nSPS) is 17.8. The summed E-state index contributed by atoms with van der Waals surface area (Å²) in [7, 11) is 0. The van der Waals surface area contributed by atoms with Crippen molar-refractivity contribution >= 4 is 11.9 Å². The number of nitrogens with two attached hydrogens (primary N) is 2. The largest absolute Gasteiger partial charge is 0.487 e. The zero-order chi connectivity index (χ0) is 34.2. The maximum absolute atomic E-state index is 11.0. The first-order valence-corrected chi connectivity index (χ1v) is 17.5. The van der Waals surface area contributed by atoms with E-state index in [0.29, 0.717) is 18.7 Å². The van der Waals surface area contributed by atoms with E-state index in [4.69, 9.17) is 31.2 Å². The van der Waals surface area contributed by atoms with Crippen molar-refractivity contribution in [1.82, 2.24) is 0 Å². The molecule has 0 bridgehead atoms. The van der Waals surface area contributed by atoms with Gasteiger partial charge in [-0.25, -0.2) is 4.79 Å². The molecular formula is C37H66N2O6. The summed E-state index contributed by atoms with van der Waals surface area (Å²) in [6.45, 7) is 18.1. The van der Waals surface area contributed by atoms with E-state index in [-0.39, 0.29) is 12.2 Å². The molecule has 0 fully saturated rings. The van der Waals surface area contributed by atoms with E-state index in [1.807, 2.05) is 13.8 Å². The second-order valence-electron chi connectivity index (χ2n) is 14.3. The van der Waals surface area contributed by atoms with Crippen LogP contribution >= 0.6 is 0 Å². The number of fused-ring (bicyclic) bond motifs is 1. The van der Waals surface area contributed by atoms with Gasteiger partial charge in [0.1, 0.15) is 23.1 Å². The van der Waals surface area contributed by atoms with Crippen LogP contribution in [0.1, 0.15) is 140 Å². The number of aliphatic carboxylic acids is 2. The van der Waals surface area contributed by atoms with Gasteiger partial charge in [0.15, 0.2) is 6.61 Å². The molecule has 1 aromatic rings. The van der Waals surface area contributed by atoms with E-state index in [2.05, 4.69) is 41.5 Å². The van der Waals surface area contributed by atoms with Crippen LogP contribution in [0.25, 0.3) is 0 Å². The Bertz CT molecular complexity index is 1040. The number of unbranched alkanes of at least 4 members (excludes halogenated alkanes) is 1. The molecule has 0 unspecified atom stereocenters. The van der Waals surface area contributed by atoms with Gasteiger partial charge in [0.05, 0.1) is 0 Å². The van der Waals surface area contributed by atoms with Gasteiger partial charge in [-0.1, -0.05) is 79.1 Å². The fourth-order valence-corrected chi connectivity index (χ4v) is 6.24. The highest BCUT2D eigenvalue weighted by atomic mass is 16.5. The Labute approximate surface area is 274 Å². The predicted molar refractivity (Wildman–Crippen MR) is 184 cm³/mol. The van der Waals surface area contributed by atoms with Gasteiger partial charge in [0.2, 0.25) is 0 Å². The molecule has 4 atom stereocenters. The molecule has 1 aromatic carbocycles. The maximum atomic E-state index is 11.0. The van der Waals surface area contributed by atoms with Crippen molar-refractivity contribution in [1.29, 1.82) is 0 Å². The molecule has 1 heterocycles. The first-order valence-electron chi connectivity index (χ1n) is 17.5. The number of carboxylic acid groups (broad SMARTS) is 2. The summed E-state index contributed by atoms with van der Waals surface area (Å²) in [5, 5.41) is 17.3. The smallest absolute Gasteiger partial charge is 0.341 e. The molecule has 1 aliphatic rings. The van der Waals surface area contributed by atoms with E-state index < -0.39 is 18.0 Å². The molecule has 0 saturated heterocycles. The third-order valence-corrected chi connectivity index (χ3v) is 9.46. The molecule has 8 heteroatoms. The minimum absolute atomic E-state index is 0.134. The number of hydrogen-bond donors (Lipinski definition) is 4. The van der Waals surface area contributed by atoms with Crippen LogP contribution in [0.2, 0.25) is 0 Å². The molecule has 6 N–H and O–H groups in total. The zero-order valence-corrected chi connectivity index (χ0v) is 29.8. The molecule has 0 saturated carbocycles. The van der Waals surface area contributed by atoms with Gasteiger partial charge >= 0.3 is 11.9 Å². The average molecular weight is 635 g/mol. The van der Waals surface area contributed by atoms with Gasteiger partial charge in [0.25, 0.3) is 0 Å². The van der Waals surface area contributed by atoms with E-state index in [1.165, 1.54) is 56.9 Å². The van der Waals surface area contributed by atoms with Crippen LogP contribution in [0, 0.1) is 38.5 Å². The monoisotopic (exact) mass is 634 g/mol. The SMILES string of the molecule is Cc1c(C)c2c(c(C)c1OCC(=O)O)CC[C@@](C)(CCC[C@H](C)CCC[C@H](C)CCCC(C)C)O2.NCCCC[C@H](N)C(=O)O. The minimum atomic E-state index is -0.951. The lowest BCUT2D eigenvalue weighted by Crippen LogP contribution is -2.37. The number of rotatable bonds is 20. The molecule has 45 heavy (non-hydrogen) atoms. The molecule has 0 aromatic heterocycles. The Balaban J connectivity index is 0.000000868. The highest BCUT2D eigenvalue weighted by Crippen LogP contribution is 2.45. The van der Waals surface area contributed by atoms with Crippen molar-refractivity contribution in [3.8, 4) is 11.5 Å². The van der Waals surface area contributed by atoms with Gasteiger partial charge in [-0.3, -0.25) is 4.79 Å². The van der Waals surface area contributed by atoms with Crippen LogP contribution in [-0.4, -0.2) is 46.9 Å². The number of carbonyl (C=O) groups is 2. The lowest BCUT2D eigenvalue weighted by molar-refractivity contribution is -0.140. The third kappa shape index (κ3) is 15.2. The van der Waals surface area contributed by atoms with Crippen molar-refractivity contribution in [2.75, 3.05) is 13.2 Å². The zero-order valence-electron chi connectivity index (χ0n) is 29.8. The van der Waals surface area contributed by atoms with Crippen LogP contribution in [0.3, 0.4) is 0 Å². The summed E-state index contributed by atoms with van der Waals surface area (Å²) in [5.74, 6) is 2.29. The highest BCUT2D eigenvalue weighted by Gasteiger charge is 2.34. The van der Waals surface area contributed by atoms with E-state index in [1.54, 1.807) is 0 Å². The van der Waals surface area contributed by atoms with Crippen LogP contribution < -0.4 is 20.9 Å². The van der Waals surface area contributed by atoms with Crippen molar-refractivity contribution < 1.29 is 29.3 Å². The quantitative estimate of drug-likeness (QED) is 0.105. The number of ether oxygens (including phenoxy) is 2. The summed E-state index contributed by atoms with van der Waals surface area (Å²) in [6, 6.07) is -0.716. The van der Waals surface area contributed by atoms with Crippen molar-refractivity contribution in [2.24, 2.45) is 29.2 Å². The van der Waals surface area contributed by atoms with E-state index in [9.17, 15) is 9.59 Å². The molecular weight excluding hydrogens is 568 g/mol. The van der Waals surface area contributed by atoms with Gasteiger partial charge in [0, 0.05) is 5.56 Å². The van der Waals surface area contributed by atoms with E-state index in [0.717, 1.165) is 72.3 Å². The summed E-state index contributed by atoms with van der Waals surface area (Å²) in [6.07, 6.45) is 15.9. The fourth-order valence-electron chi connectivity index (χ4n) is 6.24. The Morgan fingerprint density at radius 1 is 0.844 bits per heavy atom.